The molecule has 106 valence electrons. The second-order valence-corrected chi connectivity index (χ2v) is 4.71. The van der Waals surface area contributed by atoms with Crippen LogP contribution in [-0.2, 0) is 0 Å². The van der Waals surface area contributed by atoms with Crippen molar-refractivity contribution in [3.63, 3.8) is 0 Å². The summed E-state index contributed by atoms with van der Waals surface area (Å²) < 4.78 is 37.8. The average Bonchev–Trinajstić information content (AvgIpc) is 2.92. The Bertz CT molecular complexity index is 434. The number of nitrogens with one attached hydrogen (secondary N) is 1. The zero-order valence-corrected chi connectivity index (χ0v) is 11.2. The summed E-state index contributed by atoms with van der Waals surface area (Å²) in [5.74, 6) is -1.47. The first-order valence-electron chi connectivity index (χ1n) is 6.56. The largest absolute Gasteiger partial charge is 0.491 e. The first-order chi connectivity index (χ1) is 9.17. The lowest BCUT2D eigenvalue weighted by Gasteiger charge is -2.23. The van der Waals surface area contributed by atoms with Crippen molar-refractivity contribution in [1.29, 1.82) is 0 Å². The molecule has 1 aliphatic heterocycles. The Morgan fingerprint density at radius 1 is 1.42 bits per heavy atom. The molecule has 1 heterocycles. The molecule has 1 N–H and O–H groups in total. The van der Waals surface area contributed by atoms with Crippen molar-refractivity contribution in [2.75, 3.05) is 20.2 Å². The van der Waals surface area contributed by atoms with E-state index in [0.717, 1.165) is 32.0 Å². The number of benzene rings is 1. The minimum absolute atomic E-state index is 0.0528. The Morgan fingerprint density at radius 3 is 2.79 bits per heavy atom. The van der Waals surface area contributed by atoms with Gasteiger partial charge in [0.05, 0.1) is 7.11 Å². The second kappa shape index (κ2) is 6.19. The SMILES string of the molecule is CCC(Oc1ccc(F)c(OC)c1F)C1CCNC1. The number of methoxy groups -OCH3 is 1. The van der Waals surface area contributed by atoms with Gasteiger partial charge >= 0.3 is 0 Å². The predicted octanol–water partition coefficient (Wildman–Crippen LogP) is 2.74. The predicted molar refractivity (Wildman–Crippen MR) is 68.6 cm³/mol. The van der Waals surface area contributed by atoms with E-state index in [1.165, 1.54) is 13.2 Å². The summed E-state index contributed by atoms with van der Waals surface area (Å²) in [6.07, 6.45) is 1.73. The van der Waals surface area contributed by atoms with Crippen molar-refractivity contribution in [3.05, 3.63) is 23.8 Å². The fraction of sp³-hybridized carbons (Fsp3) is 0.571. The number of hydrogen-bond acceptors (Lipinski definition) is 3. The van der Waals surface area contributed by atoms with Crippen molar-refractivity contribution in [2.45, 2.75) is 25.9 Å². The molecule has 2 unspecified atom stereocenters. The maximum absolute atomic E-state index is 14.0. The van der Waals surface area contributed by atoms with Crippen LogP contribution in [0.15, 0.2) is 12.1 Å². The molecule has 0 aliphatic carbocycles. The maximum atomic E-state index is 14.0. The molecule has 0 radical (unpaired) electrons. The normalized spacial score (nSPS) is 20.3. The van der Waals surface area contributed by atoms with Crippen LogP contribution in [0.1, 0.15) is 19.8 Å². The molecule has 2 rings (SSSR count). The summed E-state index contributed by atoms with van der Waals surface area (Å²) in [4.78, 5) is 0. The highest BCUT2D eigenvalue weighted by Gasteiger charge is 2.26. The van der Waals surface area contributed by atoms with Gasteiger partial charge in [0.15, 0.2) is 17.3 Å². The summed E-state index contributed by atoms with van der Waals surface area (Å²) in [6.45, 7) is 3.83. The minimum atomic E-state index is -0.771. The number of rotatable bonds is 5. The van der Waals surface area contributed by atoms with Crippen LogP contribution in [0.2, 0.25) is 0 Å². The summed E-state index contributed by atoms with van der Waals surface area (Å²) in [6, 6.07) is 2.48. The summed E-state index contributed by atoms with van der Waals surface area (Å²) in [5.41, 5.74) is 0. The van der Waals surface area contributed by atoms with Gasteiger partial charge in [-0.2, -0.15) is 4.39 Å². The summed E-state index contributed by atoms with van der Waals surface area (Å²) >= 11 is 0. The number of hydrogen-bond donors (Lipinski definition) is 1. The van der Waals surface area contributed by atoms with Gasteiger partial charge in [0.25, 0.3) is 0 Å². The molecule has 0 spiro atoms. The highest BCUT2D eigenvalue weighted by molar-refractivity contribution is 5.37. The topological polar surface area (TPSA) is 30.5 Å². The van der Waals surface area contributed by atoms with E-state index in [4.69, 9.17) is 9.47 Å². The van der Waals surface area contributed by atoms with Crippen molar-refractivity contribution >= 4 is 0 Å². The number of halogens is 2. The molecule has 5 heteroatoms. The molecule has 0 saturated carbocycles. The van der Waals surface area contributed by atoms with Crippen molar-refractivity contribution < 1.29 is 18.3 Å². The molecule has 3 nitrogen and oxygen atoms in total. The quantitative estimate of drug-likeness (QED) is 0.893. The standard InChI is InChI=1S/C14H19F2NO2/c1-3-11(9-6-7-17-8-9)19-12-5-4-10(15)14(18-2)13(12)16/h4-5,9,11,17H,3,6-8H2,1-2H3. The van der Waals surface area contributed by atoms with Gasteiger partial charge in [0.1, 0.15) is 6.10 Å². The van der Waals surface area contributed by atoms with Crippen LogP contribution in [0.3, 0.4) is 0 Å². The van der Waals surface area contributed by atoms with Gasteiger partial charge in [-0.25, -0.2) is 4.39 Å². The molecule has 1 fully saturated rings. The molecule has 19 heavy (non-hydrogen) atoms. The molecule has 0 bridgehead atoms. The molecule has 0 aromatic heterocycles. The summed E-state index contributed by atoms with van der Waals surface area (Å²) in [5, 5.41) is 3.26. The summed E-state index contributed by atoms with van der Waals surface area (Å²) in [7, 11) is 1.24. The zero-order valence-electron chi connectivity index (χ0n) is 11.2. The fourth-order valence-electron chi connectivity index (χ4n) is 2.46. The van der Waals surface area contributed by atoms with E-state index in [-0.39, 0.29) is 11.9 Å². The monoisotopic (exact) mass is 271 g/mol. The van der Waals surface area contributed by atoms with Gasteiger partial charge in [-0.05, 0) is 31.5 Å². The molecule has 2 atom stereocenters. The first kappa shape index (κ1) is 14.1. The van der Waals surface area contributed by atoms with E-state index in [1.54, 1.807) is 0 Å². The Kier molecular flexibility index (Phi) is 4.58. The molecule has 1 aliphatic rings. The van der Waals surface area contributed by atoms with Crippen molar-refractivity contribution in [1.82, 2.24) is 5.32 Å². The third-order valence-corrected chi connectivity index (χ3v) is 3.52. The smallest absolute Gasteiger partial charge is 0.209 e. The van der Waals surface area contributed by atoms with E-state index in [2.05, 4.69) is 5.32 Å². The molecule has 1 saturated heterocycles. The zero-order chi connectivity index (χ0) is 13.8. The van der Waals surface area contributed by atoms with E-state index in [1.807, 2.05) is 6.92 Å². The highest BCUT2D eigenvalue weighted by Crippen LogP contribution is 2.31. The van der Waals surface area contributed by atoms with E-state index < -0.39 is 17.4 Å². The van der Waals surface area contributed by atoms with Crippen LogP contribution in [0.4, 0.5) is 8.78 Å². The second-order valence-electron chi connectivity index (χ2n) is 4.71. The lowest BCUT2D eigenvalue weighted by molar-refractivity contribution is 0.131. The van der Waals surface area contributed by atoms with Crippen LogP contribution in [0.25, 0.3) is 0 Å². The van der Waals surface area contributed by atoms with Crippen LogP contribution >= 0.6 is 0 Å². The first-order valence-corrected chi connectivity index (χ1v) is 6.56. The van der Waals surface area contributed by atoms with Crippen molar-refractivity contribution in [3.8, 4) is 11.5 Å². The minimum Gasteiger partial charge on any atom is -0.491 e. The van der Waals surface area contributed by atoms with Crippen molar-refractivity contribution in [2.24, 2.45) is 5.92 Å². The molecular weight excluding hydrogens is 252 g/mol. The fourth-order valence-corrected chi connectivity index (χ4v) is 2.46. The maximum Gasteiger partial charge on any atom is 0.209 e. The van der Waals surface area contributed by atoms with E-state index in [9.17, 15) is 8.78 Å². The molecule has 1 aromatic rings. The number of ether oxygens (including phenoxy) is 2. The lowest BCUT2D eigenvalue weighted by Crippen LogP contribution is -2.28. The van der Waals surface area contributed by atoms with Crippen LogP contribution < -0.4 is 14.8 Å². The molecule has 0 amide bonds. The lowest BCUT2D eigenvalue weighted by atomic mass is 9.99. The Hall–Kier alpha value is -1.36. The Morgan fingerprint density at radius 2 is 2.21 bits per heavy atom. The van der Waals surface area contributed by atoms with E-state index in [0.29, 0.717) is 5.92 Å². The Labute approximate surface area is 111 Å². The van der Waals surface area contributed by atoms with Crippen LogP contribution in [0.5, 0.6) is 11.5 Å². The highest BCUT2D eigenvalue weighted by atomic mass is 19.1. The van der Waals surface area contributed by atoms with Crippen LogP contribution in [0, 0.1) is 17.6 Å². The molecule has 1 aromatic carbocycles. The third-order valence-electron chi connectivity index (χ3n) is 3.52. The van der Waals surface area contributed by atoms with Gasteiger partial charge in [-0.1, -0.05) is 6.92 Å². The van der Waals surface area contributed by atoms with Gasteiger partial charge < -0.3 is 14.8 Å². The van der Waals surface area contributed by atoms with Gasteiger partial charge in [0, 0.05) is 12.5 Å². The molecular formula is C14H19F2NO2. The van der Waals surface area contributed by atoms with Gasteiger partial charge in [-0.15, -0.1) is 0 Å². The van der Waals surface area contributed by atoms with E-state index >= 15 is 0 Å². The average molecular weight is 271 g/mol. The Balaban J connectivity index is 2.17. The van der Waals surface area contributed by atoms with Gasteiger partial charge in [-0.3, -0.25) is 0 Å². The third kappa shape index (κ3) is 2.97. The van der Waals surface area contributed by atoms with Gasteiger partial charge in [0.2, 0.25) is 5.82 Å². The van der Waals surface area contributed by atoms with Crippen LogP contribution in [-0.4, -0.2) is 26.3 Å².